The molecule has 4 rings (SSSR count). The zero-order valence-corrected chi connectivity index (χ0v) is 16.8. The SMILES string of the molecule is C/C(=N\NC(=O)c1ccc(Cn2nnc(-c3ccccc3)n2)cc1)c1ccc(O)cc1. The predicted molar refractivity (Wildman–Crippen MR) is 117 cm³/mol. The van der Waals surface area contributed by atoms with Gasteiger partial charge >= 0.3 is 0 Å². The third kappa shape index (κ3) is 4.99. The molecule has 0 atom stereocenters. The summed E-state index contributed by atoms with van der Waals surface area (Å²) in [5, 5.41) is 26.1. The molecule has 0 saturated carbocycles. The molecule has 2 N–H and O–H groups in total. The van der Waals surface area contributed by atoms with Gasteiger partial charge in [-0.05, 0) is 59.7 Å². The van der Waals surface area contributed by atoms with Crippen LogP contribution in [0, 0.1) is 0 Å². The summed E-state index contributed by atoms with van der Waals surface area (Å²) in [7, 11) is 0. The molecule has 0 spiro atoms. The summed E-state index contributed by atoms with van der Waals surface area (Å²) in [4.78, 5) is 13.9. The summed E-state index contributed by atoms with van der Waals surface area (Å²) < 4.78 is 0. The molecule has 3 aromatic carbocycles. The van der Waals surface area contributed by atoms with Crippen molar-refractivity contribution in [2.45, 2.75) is 13.5 Å². The van der Waals surface area contributed by atoms with E-state index in [9.17, 15) is 9.90 Å². The highest BCUT2D eigenvalue weighted by molar-refractivity contribution is 6.00. The predicted octanol–water partition coefficient (Wildman–Crippen LogP) is 3.25. The average Bonchev–Trinajstić information content (AvgIpc) is 3.27. The van der Waals surface area contributed by atoms with E-state index in [1.165, 1.54) is 4.80 Å². The number of aromatic hydroxyl groups is 1. The molecule has 8 heteroatoms. The van der Waals surface area contributed by atoms with Crippen LogP contribution in [0.4, 0.5) is 0 Å². The molecule has 0 saturated heterocycles. The fourth-order valence-electron chi connectivity index (χ4n) is 2.90. The lowest BCUT2D eigenvalue weighted by Gasteiger charge is -2.05. The third-order valence-electron chi connectivity index (χ3n) is 4.64. The molecule has 1 heterocycles. The van der Waals surface area contributed by atoms with Crippen molar-refractivity contribution >= 4 is 11.6 Å². The van der Waals surface area contributed by atoms with Crippen LogP contribution in [-0.4, -0.2) is 36.9 Å². The minimum Gasteiger partial charge on any atom is -0.508 e. The van der Waals surface area contributed by atoms with Crippen molar-refractivity contribution in [1.82, 2.24) is 25.6 Å². The number of tetrazole rings is 1. The van der Waals surface area contributed by atoms with Crippen LogP contribution >= 0.6 is 0 Å². The van der Waals surface area contributed by atoms with Crippen molar-refractivity contribution in [2.24, 2.45) is 5.10 Å². The first-order chi connectivity index (χ1) is 15.1. The molecule has 4 aromatic rings. The molecule has 154 valence electrons. The van der Waals surface area contributed by atoms with Crippen LogP contribution in [0.15, 0.2) is 84.0 Å². The summed E-state index contributed by atoms with van der Waals surface area (Å²) in [6, 6.07) is 23.4. The van der Waals surface area contributed by atoms with Gasteiger partial charge in [0, 0.05) is 11.1 Å². The first kappa shape index (κ1) is 20.0. The fourth-order valence-corrected chi connectivity index (χ4v) is 2.90. The van der Waals surface area contributed by atoms with Crippen molar-refractivity contribution < 1.29 is 9.90 Å². The van der Waals surface area contributed by atoms with Gasteiger partial charge in [0.25, 0.3) is 5.91 Å². The minimum absolute atomic E-state index is 0.179. The van der Waals surface area contributed by atoms with E-state index < -0.39 is 0 Å². The number of nitrogens with zero attached hydrogens (tertiary/aromatic N) is 5. The molecule has 1 aromatic heterocycles. The summed E-state index contributed by atoms with van der Waals surface area (Å²) in [6.45, 7) is 2.23. The van der Waals surface area contributed by atoms with Gasteiger partial charge in [0.2, 0.25) is 5.82 Å². The Bertz CT molecular complexity index is 1200. The molecular weight excluding hydrogens is 392 g/mol. The number of phenolic OH excluding ortho intramolecular Hbond substituents is 1. The molecule has 0 fully saturated rings. The molecular formula is C23H20N6O2. The number of rotatable bonds is 6. The first-order valence-electron chi connectivity index (χ1n) is 9.65. The zero-order valence-electron chi connectivity index (χ0n) is 16.8. The Morgan fingerprint density at radius 1 is 0.968 bits per heavy atom. The average molecular weight is 412 g/mol. The Labute approximate surface area is 178 Å². The van der Waals surface area contributed by atoms with Gasteiger partial charge in [-0.25, -0.2) is 5.43 Å². The molecule has 0 aliphatic heterocycles. The van der Waals surface area contributed by atoms with Crippen molar-refractivity contribution in [2.75, 3.05) is 0 Å². The van der Waals surface area contributed by atoms with Crippen molar-refractivity contribution in [3.8, 4) is 17.1 Å². The molecule has 0 unspecified atom stereocenters. The topological polar surface area (TPSA) is 105 Å². The van der Waals surface area contributed by atoms with E-state index in [0.717, 1.165) is 16.7 Å². The monoisotopic (exact) mass is 412 g/mol. The molecule has 0 aliphatic rings. The quantitative estimate of drug-likeness (QED) is 0.374. The Balaban J connectivity index is 1.38. The van der Waals surface area contributed by atoms with Crippen molar-refractivity contribution in [3.63, 3.8) is 0 Å². The molecule has 31 heavy (non-hydrogen) atoms. The van der Waals surface area contributed by atoms with E-state index in [1.54, 1.807) is 43.3 Å². The molecule has 1 amide bonds. The Kier molecular flexibility index (Phi) is 5.79. The number of benzene rings is 3. The largest absolute Gasteiger partial charge is 0.508 e. The van der Waals surface area contributed by atoms with E-state index in [0.29, 0.717) is 23.6 Å². The van der Waals surface area contributed by atoms with Crippen LogP contribution in [0.3, 0.4) is 0 Å². The number of hydrazone groups is 1. The second-order valence-electron chi connectivity index (χ2n) is 6.89. The number of phenols is 1. The second kappa shape index (κ2) is 9.00. The van der Waals surface area contributed by atoms with Gasteiger partial charge in [0.05, 0.1) is 12.3 Å². The van der Waals surface area contributed by atoms with Gasteiger partial charge in [-0.15, -0.1) is 10.2 Å². The van der Waals surface area contributed by atoms with E-state index in [2.05, 4.69) is 25.9 Å². The van der Waals surface area contributed by atoms with E-state index in [1.807, 2.05) is 42.5 Å². The highest BCUT2D eigenvalue weighted by Gasteiger charge is 2.08. The normalized spacial score (nSPS) is 11.3. The number of carbonyl (C=O) groups is 1. The Morgan fingerprint density at radius 2 is 1.65 bits per heavy atom. The lowest BCUT2D eigenvalue weighted by atomic mass is 10.1. The van der Waals surface area contributed by atoms with Crippen molar-refractivity contribution in [3.05, 3.63) is 95.6 Å². The van der Waals surface area contributed by atoms with Crippen LogP contribution in [0.5, 0.6) is 5.75 Å². The lowest BCUT2D eigenvalue weighted by molar-refractivity contribution is 0.0955. The Hall–Kier alpha value is -4.33. The maximum Gasteiger partial charge on any atom is 0.271 e. The number of amides is 1. The standard InChI is InChI=1S/C23H20N6O2/c1-16(18-11-13-21(30)14-12-18)24-26-23(31)20-9-7-17(8-10-20)15-29-27-22(25-28-29)19-5-3-2-4-6-19/h2-14,30H,15H2,1H3,(H,26,31)/b24-16+. The summed E-state index contributed by atoms with van der Waals surface area (Å²) >= 11 is 0. The molecule has 0 radical (unpaired) electrons. The van der Waals surface area contributed by atoms with E-state index in [4.69, 9.17) is 0 Å². The maximum absolute atomic E-state index is 12.4. The summed E-state index contributed by atoms with van der Waals surface area (Å²) in [5.74, 6) is 0.437. The third-order valence-corrected chi connectivity index (χ3v) is 4.64. The van der Waals surface area contributed by atoms with Gasteiger partial charge in [-0.1, -0.05) is 42.5 Å². The second-order valence-corrected chi connectivity index (χ2v) is 6.89. The van der Waals surface area contributed by atoms with Gasteiger partial charge in [-0.2, -0.15) is 9.90 Å². The number of hydrogen-bond acceptors (Lipinski definition) is 6. The highest BCUT2D eigenvalue weighted by Crippen LogP contribution is 2.13. The summed E-state index contributed by atoms with van der Waals surface area (Å²) in [6.07, 6.45) is 0. The van der Waals surface area contributed by atoms with Gasteiger partial charge in [0.15, 0.2) is 0 Å². The van der Waals surface area contributed by atoms with Crippen LogP contribution in [0.25, 0.3) is 11.4 Å². The molecule has 0 bridgehead atoms. The van der Waals surface area contributed by atoms with Crippen LogP contribution < -0.4 is 5.43 Å². The van der Waals surface area contributed by atoms with Crippen LogP contribution in [0.1, 0.15) is 28.4 Å². The summed E-state index contributed by atoms with van der Waals surface area (Å²) in [5.41, 5.74) is 6.33. The smallest absolute Gasteiger partial charge is 0.271 e. The van der Waals surface area contributed by atoms with Gasteiger partial charge in [0.1, 0.15) is 5.75 Å². The van der Waals surface area contributed by atoms with Crippen LogP contribution in [0.2, 0.25) is 0 Å². The van der Waals surface area contributed by atoms with Crippen molar-refractivity contribution in [1.29, 1.82) is 0 Å². The first-order valence-corrected chi connectivity index (χ1v) is 9.65. The molecule has 8 nitrogen and oxygen atoms in total. The number of carbonyl (C=O) groups excluding carboxylic acids is 1. The zero-order chi connectivity index (χ0) is 21.6. The van der Waals surface area contributed by atoms with E-state index >= 15 is 0 Å². The van der Waals surface area contributed by atoms with Gasteiger partial charge < -0.3 is 5.11 Å². The molecule has 0 aliphatic carbocycles. The number of hydrogen-bond donors (Lipinski definition) is 2. The number of nitrogens with one attached hydrogen (secondary N) is 1. The van der Waals surface area contributed by atoms with E-state index in [-0.39, 0.29) is 11.7 Å². The highest BCUT2D eigenvalue weighted by atomic mass is 16.3. The number of aromatic nitrogens is 4. The maximum atomic E-state index is 12.4. The fraction of sp³-hybridized carbons (Fsp3) is 0.0870. The minimum atomic E-state index is -0.310. The van der Waals surface area contributed by atoms with Gasteiger partial charge in [-0.3, -0.25) is 4.79 Å². The Morgan fingerprint density at radius 3 is 2.35 bits per heavy atom. The lowest BCUT2D eigenvalue weighted by Crippen LogP contribution is -2.19. The van der Waals surface area contributed by atoms with Crippen LogP contribution in [-0.2, 0) is 6.54 Å².